The van der Waals surface area contributed by atoms with E-state index in [4.69, 9.17) is 10.00 Å². The smallest absolute Gasteiger partial charge is 0.259 e. The lowest BCUT2D eigenvalue weighted by molar-refractivity contribution is -0.134. The molecule has 0 bridgehead atoms. The molecule has 0 saturated carbocycles. The van der Waals surface area contributed by atoms with Crippen LogP contribution in [0.5, 0.6) is 5.75 Å². The van der Waals surface area contributed by atoms with Gasteiger partial charge in [0, 0.05) is 62.2 Å². The number of aromatic nitrogens is 1. The number of amides is 3. The van der Waals surface area contributed by atoms with E-state index in [0.29, 0.717) is 47.7 Å². The minimum Gasteiger partial charge on any atom is -0.487 e. The predicted octanol–water partition coefficient (Wildman–Crippen LogP) is 3.68. The number of pyridine rings is 1. The zero-order valence-electron chi connectivity index (χ0n) is 24.8. The summed E-state index contributed by atoms with van der Waals surface area (Å²) in [6.45, 7) is 3.40. The number of benzene rings is 3. The van der Waals surface area contributed by atoms with Crippen molar-refractivity contribution in [2.24, 2.45) is 0 Å². The van der Waals surface area contributed by atoms with Crippen molar-refractivity contribution >= 4 is 40.0 Å². The lowest BCUT2D eigenvalue weighted by Gasteiger charge is -2.44. The van der Waals surface area contributed by atoms with Crippen molar-refractivity contribution in [3.63, 3.8) is 0 Å². The summed E-state index contributed by atoms with van der Waals surface area (Å²) in [5, 5.41) is 13.1. The molecular formula is C35H29FN6O4. The molecule has 8 rings (SSSR count). The molecule has 10 nitrogen and oxygen atoms in total. The van der Waals surface area contributed by atoms with Gasteiger partial charge in [-0.3, -0.25) is 29.5 Å². The average Bonchev–Trinajstić information content (AvgIpc) is 3.35. The van der Waals surface area contributed by atoms with Crippen molar-refractivity contribution in [1.29, 1.82) is 5.26 Å². The van der Waals surface area contributed by atoms with Crippen LogP contribution in [0.2, 0.25) is 0 Å². The molecule has 0 radical (unpaired) electrons. The maximum atomic E-state index is 15.6. The molecule has 0 aliphatic carbocycles. The van der Waals surface area contributed by atoms with Crippen molar-refractivity contribution in [3.05, 3.63) is 94.4 Å². The van der Waals surface area contributed by atoms with Gasteiger partial charge >= 0.3 is 0 Å². The lowest BCUT2D eigenvalue weighted by Crippen LogP contribution is -2.57. The minimum absolute atomic E-state index is 0.118. The van der Waals surface area contributed by atoms with E-state index < -0.39 is 11.9 Å². The van der Waals surface area contributed by atoms with E-state index in [0.717, 1.165) is 47.4 Å². The quantitative estimate of drug-likeness (QED) is 0.338. The first kappa shape index (κ1) is 28.2. The van der Waals surface area contributed by atoms with Gasteiger partial charge in [-0.1, -0.05) is 30.3 Å². The van der Waals surface area contributed by atoms with Crippen molar-refractivity contribution < 1.29 is 23.5 Å². The first-order valence-corrected chi connectivity index (χ1v) is 15.4. The van der Waals surface area contributed by atoms with Gasteiger partial charge in [0.05, 0.1) is 17.3 Å². The maximum Gasteiger partial charge on any atom is 0.259 e. The van der Waals surface area contributed by atoms with Gasteiger partial charge in [0.1, 0.15) is 24.5 Å². The van der Waals surface area contributed by atoms with Gasteiger partial charge in [-0.05, 0) is 46.7 Å². The normalized spacial score (nSPS) is 20.7. The Morgan fingerprint density at radius 1 is 1.07 bits per heavy atom. The standard InChI is InChI=1S/C35H29FN6O4/c36-27-12-20(17-40-10-11-41-24(18-40)19-46-30-13-21(15-37)16-38-33(30)41)4-5-23(27)14-22-6-7-28-32-25(22)2-1-3-26(32)35(45)42(28)29-8-9-31(43)39-34(29)44/h1-7,12-13,16,24,29H,8-11,14,17-19H2,(H,39,43,44)/t24-,29?/m1/s1. The van der Waals surface area contributed by atoms with Gasteiger partial charge in [-0.2, -0.15) is 5.26 Å². The summed E-state index contributed by atoms with van der Waals surface area (Å²) in [6.07, 6.45) is 2.36. The van der Waals surface area contributed by atoms with Crippen LogP contribution in [0.4, 0.5) is 15.9 Å². The number of piperazine rings is 1. The van der Waals surface area contributed by atoms with Crippen LogP contribution in [-0.4, -0.2) is 65.9 Å². The Bertz CT molecular complexity index is 2010. The molecule has 2 fully saturated rings. The van der Waals surface area contributed by atoms with Crippen molar-refractivity contribution in [1.82, 2.24) is 15.2 Å². The van der Waals surface area contributed by atoms with Crippen molar-refractivity contribution in [2.75, 3.05) is 36.0 Å². The van der Waals surface area contributed by atoms with E-state index in [-0.39, 0.29) is 36.5 Å². The second-order valence-corrected chi connectivity index (χ2v) is 12.3. The van der Waals surface area contributed by atoms with E-state index >= 15 is 4.39 Å². The van der Waals surface area contributed by atoms with E-state index in [2.05, 4.69) is 26.2 Å². The summed E-state index contributed by atoms with van der Waals surface area (Å²) in [7, 11) is 0. The molecule has 1 N–H and O–H groups in total. The third-order valence-corrected chi connectivity index (χ3v) is 9.48. The van der Waals surface area contributed by atoms with Crippen LogP contribution in [0, 0.1) is 17.1 Å². The number of nitrogens with one attached hydrogen (secondary N) is 1. The Labute approximate surface area is 264 Å². The maximum absolute atomic E-state index is 15.6. The highest BCUT2D eigenvalue weighted by molar-refractivity contribution is 6.27. The minimum atomic E-state index is -0.754. The van der Waals surface area contributed by atoms with Crippen LogP contribution in [0.1, 0.15) is 45.5 Å². The Morgan fingerprint density at radius 2 is 1.93 bits per heavy atom. The van der Waals surface area contributed by atoms with Gasteiger partial charge in [-0.15, -0.1) is 0 Å². The highest BCUT2D eigenvalue weighted by Crippen LogP contribution is 2.41. The summed E-state index contributed by atoms with van der Waals surface area (Å²) in [5.74, 6) is 0.0511. The largest absolute Gasteiger partial charge is 0.487 e. The molecule has 3 amide bonds. The predicted molar refractivity (Wildman–Crippen MR) is 167 cm³/mol. The number of halogens is 1. The number of carbonyl (C=O) groups excluding carboxylic acids is 3. The fourth-order valence-corrected chi connectivity index (χ4v) is 7.25. The van der Waals surface area contributed by atoms with E-state index in [1.54, 1.807) is 24.4 Å². The number of carbonyl (C=O) groups is 3. The molecule has 2 atom stereocenters. The summed E-state index contributed by atoms with van der Waals surface area (Å²) >= 11 is 0. The lowest BCUT2D eigenvalue weighted by atomic mass is 9.95. The Kier molecular flexibility index (Phi) is 6.69. The van der Waals surface area contributed by atoms with Crippen LogP contribution < -0.4 is 19.9 Å². The fraction of sp³-hybridized carbons (Fsp3) is 0.286. The van der Waals surface area contributed by atoms with Gasteiger partial charge in [0.2, 0.25) is 11.8 Å². The molecule has 1 unspecified atom stereocenters. The summed E-state index contributed by atoms with van der Waals surface area (Å²) in [6, 6.07) is 17.8. The number of nitriles is 1. The number of ether oxygens (including phenoxy) is 1. The summed E-state index contributed by atoms with van der Waals surface area (Å²) in [5.41, 5.74) is 3.94. The number of hydrogen-bond acceptors (Lipinski definition) is 8. The molecular weight excluding hydrogens is 587 g/mol. The summed E-state index contributed by atoms with van der Waals surface area (Å²) in [4.78, 5) is 48.3. The van der Waals surface area contributed by atoms with Gasteiger partial charge in [-0.25, -0.2) is 9.37 Å². The molecule has 5 heterocycles. The molecule has 4 aromatic rings. The van der Waals surface area contributed by atoms with E-state index in [1.807, 2.05) is 36.4 Å². The van der Waals surface area contributed by atoms with Crippen LogP contribution in [-0.2, 0) is 22.6 Å². The fourth-order valence-electron chi connectivity index (χ4n) is 7.25. The molecule has 11 heteroatoms. The van der Waals surface area contributed by atoms with E-state index in [9.17, 15) is 14.4 Å². The van der Waals surface area contributed by atoms with Crippen LogP contribution in [0.3, 0.4) is 0 Å². The van der Waals surface area contributed by atoms with Crippen LogP contribution in [0.15, 0.2) is 60.8 Å². The van der Waals surface area contributed by atoms with E-state index in [1.165, 1.54) is 4.90 Å². The number of imide groups is 1. The summed E-state index contributed by atoms with van der Waals surface area (Å²) < 4.78 is 21.5. The van der Waals surface area contributed by atoms with Crippen LogP contribution >= 0.6 is 0 Å². The van der Waals surface area contributed by atoms with Gasteiger partial charge in [0.15, 0.2) is 11.6 Å². The highest BCUT2D eigenvalue weighted by Gasteiger charge is 2.41. The Balaban J connectivity index is 0.986. The number of rotatable bonds is 5. The molecule has 230 valence electrons. The number of hydrogen-bond donors (Lipinski definition) is 1. The molecule has 2 saturated heterocycles. The van der Waals surface area contributed by atoms with Gasteiger partial charge < -0.3 is 9.64 Å². The SMILES string of the molecule is N#Cc1cnc2c(c1)OC[C@H]1CN(Cc3ccc(Cc4ccc5c6c(cccc46)C(=O)N5C4CCC(=O)NC4=O)c(F)c3)CCN21. The monoisotopic (exact) mass is 616 g/mol. The number of piperidine rings is 1. The van der Waals surface area contributed by atoms with Crippen molar-refractivity contribution in [2.45, 2.75) is 37.9 Å². The number of fused-ring (bicyclic) bond motifs is 3. The molecule has 1 aromatic heterocycles. The first-order chi connectivity index (χ1) is 22.4. The van der Waals surface area contributed by atoms with Crippen LogP contribution in [0.25, 0.3) is 10.8 Å². The Morgan fingerprint density at radius 3 is 2.76 bits per heavy atom. The average molecular weight is 617 g/mol. The molecule has 46 heavy (non-hydrogen) atoms. The second-order valence-electron chi connectivity index (χ2n) is 12.3. The topological polar surface area (TPSA) is 119 Å². The van der Waals surface area contributed by atoms with Crippen molar-refractivity contribution in [3.8, 4) is 11.8 Å². The molecule has 4 aliphatic rings. The number of anilines is 2. The second kappa shape index (κ2) is 10.9. The molecule has 0 spiro atoms. The zero-order chi connectivity index (χ0) is 31.5. The number of nitrogens with zero attached hydrogens (tertiary/aromatic N) is 5. The first-order valence-electron chi connectivity index (χ1n) is 15.4. The Hall–Kier alpha value is -5.34. The zero-order valence-corrected chi connectivity index (χ0v) is 24.8. The highest BCUT2D eigenvalue weighted by atomic mass is 19.1. The third-order valence-electron chi connectivity index (χ3n) is 9.48. The molecule has 3 aromatic carbocycles. The third kappa shape index (κ3) is 4.64. The molecule has 4 aliphatic heterocycles. The van der Waals surface area contributed by atoms with Gasteiger partial charge in [0.25, 0.3) is 5.91 Å².